The van der Waals surface area contributed by atoms with Crippen molar-refractivity contribution in [2.75, 3.05) is 6.54 Å². The largest absolute Gasteiger partial charge is 0.423 e. The summed E-state index contributed by atoms with van der Waals surface area (Å²) in [5.41, 5.74) is 1.13. The molecule has 0 unspecified atom stereocenters. The Morgan fingerprint density at radius 3 is 2.12 bits per heavy atom. The van der Waals surface area contributed by atoms with Gasteiger partial charge in [-0.05, 0) is 80.4 Å². The van der Waals surface area contributed by atoms with E-state index in [1.165, 1.54) is 36.4 Å². The SMILES string of the molecule is CC1=CC[C@@H]2C(=O)N(N(CC(=O)c3ccc(OC(=O)c4ccc(Br)cc4)cc3)C(=O)c3ccc([N+](=O)[O-])cc3)C(=O)[C@@H]2C1. The number of ether oxygens (including phenoxy) is 1. The molecule has 1 fully saturated rings. The molecular weight excluding hydrogens is 622 g/mol. The fourth-order valence-corrected chi connectivity index (χ4v) is 5.32. The molecule has 3 amide bonds. The number of allylic oxidation sites excluding steroid dienone is 2. The van der Waals surface area contributed by atoms with E-state index in [1.807, 2.05) is 13.0 Å². The number of carbonyl (C=O) groups excluding carboxylic acids is 5. The number of fused-ring (bicyclic) bond motifs is 1. The molecule has 0 N–H and O–H groups in total. The van der Waals surface area contributed by atoms with Crippen molar-refractivity contribution in [3.8, 4) is 5.75 Å². The van der Waals surface area contributed by atoms with Gasteiger partial charge in [-0.2, -0.15) is 5.01 Å². The number of halogens is 1. The molecule has 2 aliphatic rings. The predicted molar refractivity (Wildman–Crippen MR) is 156 cm³/mol. The van der Waals surface area contributed by atoms with Gasteiger partial charge in [0.05, 0.1) is 22.3 Å². The van der Waals surface area contributed by atoms with Crippen LogP contribution in [-0.2, 0) is 9.59 Å². The molecule has 2 atom stereocenters. The fraction of sp³-hybridized carbons (Fsp3) is 0.194. The fourth-order valence-electron chi connectivity index (χ4n) is 5.05. The van der Waals surface area contributed by atoms with Crippen LogP contribution in [0.4, 0.5) is 5.69 Å². The molecule has 0 saturated carbocycles. The first-order chi connectivity index (χ1) is 20.5. The van der Waals surface area contributed by atoms with E-state index in [-0.39, 0.29) is 22.6 Å². The van der Waals surface area contributed by atoms with Crippen LogP contribution in [0.3, 0.4) is 0 Å². The smallest absolute Gasteiger partial charge is 0.343 e. The van der Waals surface area contributed by atoms with Gasteiger partial charge in [-0.3, -0.25) is 29.3 Å². The van der Waals surface area contributed by atoms with Crippen LogP contribution in [0.2, 0.25) is 0 Å². The van der Waals surface area contributed by atoms with E-state index < -0.39 is 52.8 Å². The van der Waals surface area contributed by atoms with E-state index >= 15 is 0 Å². The highest BCUT2D eigenvalue weighted by molar-refractivity contribution is 9.10. The first kappa shape index (κ1) is 29.5. The van der Waals surface area contributed by atoms with E-state index in [9.17, 15) is 34.1 Å². The number of carbonyl (C=O) groups is 5. The maximum absolute atomic E-state index is 13.7. The lowest BCUT2D eigenvalue weighted by Crippen LogP contribution is -2.52. The Morgan fingerprint density at radius 2 is 1.49 bits per heavy atom. The second-order valence-electron chi connectivity index (χ2n) is 10.2. The monoisotopic (exact) mass is 645 g/mol. The summed E-state index contributed by atoms with van der Waals surface area (Å²) in [5.74, 6) is -4.32. The Balaban J connectivity index is 1.38. The van der Waals surface area contributed by atoms with E-state index in [0.717, 1.165) is 32.2 Å². The Kier molecular flexibility index (Phi) is 8.31. The van der Waals surface area contributed by atoms with Crippen molar-refractivity contribution in [2.24, 2.45) is 11.8 Å². The molecule has 11 nitrogen and oxygen atoms in total. The Hall–Kier alpha value is -4.97. The van der Waals surface area contributed by atoms with Gasteiger partial charge in [-0.25, -0.2) is 9.80 Å². The number of amides is 3. The van der Waals surface area contributed by atoms with E-state index in [2.05, 4.69) is 15.9 Å². The lowest BCUT2D eigenvalue weighted by molar-refractivity contribution is -0.384. The van der Waals surface area contributed by atoms with Crippen LogP contribution in [0.25, 0.3) is 0 Å². The standard InChI is InChI=1S/C31H24BrN3O8/c1-18-2-15-25-26(16-18)30(39)34(29(25)38)33(28(37)20-5-11-23(12-6-20)35(41)42)17-27(36)19-7-13-24(14-8-19)43-31(40)21-3-9-22(32)10-4-21/h2-14,25-26H,15-17H2,1H3/t25-,26+/m0/s1. The zero-order valence-corrected chi connectivity index (χ0v) is 24.4. The van der Waals surface area contributed by atoms with Crippen LogP contribution in [0, 0.1) is 22.0 Å². The number of non-ortho nitro benzene ring substituents is 1. The summed E-state index contributed by atoms with van der Waals surface area (Å²) in [6.07, 6.45) is 2.58. The van der Waals surface area contributed by atoms with Crippen molar-refractivity contribution in [1.29, 1.82) is 0 Å². The number of nitro groups is 1. The van der Waals surface area contributed by atoms with Crippen molar-refractivity contribution in [2.45, 2.75) is 19.8 Å². The zero-order chi connectivity index (χ0) is 30.8. The lowest BCUT2D eigenvalue weighted by Gasteiger charge is -2.30. The Labute approximate surface area is 254 Å². The molecule has 1 aliphatic heterocycles. The van der Waals surface area contributed by atoms with Crippen molar-refractivity contribution in [3.63, 3.8) is 0 Å². The van der Waals surface area contributed by atoms with Crippen molar-refractivity contribution in [1.82, 2.24) is 10.0 Å². The highest BCUT2D eigenvalue weighted by atomic mass is 79.9. The number of nitrogens with zero attached hydrogens (tertiary/aromatic N) is 3. The number of Topliss-reactive ketones (excluding diaryl/α,β-unsaturated/α-hetero) is 1. The number of esters is 1. The molecule has 3 aromatic rings. The molecule has 12 heteroatoms. The zero-order valence-electron chi connectivity index (χ0n) is 22.8. The molecular formula is C31H24BrN3O8. The second-order valence-corrected chi connectivity index (χ2v) is 11.1. The quantitative estimate of drug-likeness (QED) is 0.0621. The maximum atomic E-state index is 13.7. The van der Waals surface area contributed by atoms with Crippen LogP contribution < -0.4 is 4.74 Å². The molecule has 0 aromatic heterocycles. The van der Waals surface area contributed by atoms with Crippen molar-refractivity contribution in [3.05, 3.63) is 116 Å². The number of benzene rings is 3. The van der Waals surface area contributed by atoms with Gasteiger partial charge in [0.1, 0.15) is 12.3 Å². The summed E-state index contributed by atoms with van der Waals surface area (Å²) in [6, 6.07) is 16.9. The minimum Gasteiger partial charge on any atom is -0.423 e. The summed E-state index contributed by atoms with van der Waals surface area (Å²) in [5, 5.41) is 12.6. The number of hydrogen-bond donors (Lipinski definition) is 0. The summed E-state index contributed by atoms with van der Waals surface area (Å²) >= 11 is 3.30. The van der Waals surface area contributed by atoms with Gasteiger partial charge in [0, 0.05) is 27.7 Å². The first-order valence-corrected chi connectivity index (χ1v) is 14.0. The number of ketones is 1. The number of imide groups is 1. The molecule has 1 saturated heterocycles. The second kappa shape index (κ2) is 12.1. The summed E-state index contributed by atoms with van der Waals surface area (Å²) in [4.78, 5) is 76.8. The van der Waals surface area contributed by atoms with Gasteiger partial charge in [0.2, 0.25) is 0 Å². The van der Waals surface area contributed by atoms with Crippen LogP contribution in [0.15, 0.2) is 88.9 Å². The van der Waals surface area contributed by atoms with Gasteiger partial charge in [0.15, 0.2) is 5.78 Å². The van der Waals surface area contributed by atoms with Gasteiger partial charge in [-0.1, -0.05) is 27.6 Å². The Bertz CT molecular complexity index is 1670. The van der Waals surface area contributed by atoms with Crippen LogP contribution >= 0.6 is 15.9 Å². The van der Waals surface area contributed by atoms with Crippen LogP contribution in [0.1, 0.15) is 50.8 Å². The summed E-state index contributed by atoms with van der Waals surface area (Å²) in [7, 11) is 0. The molecule has 43 heavy (non-hydrogen) atoms. The van der Waals surface area contributed by atoms with Gasteiger partial charge in [0.25, 0.3) is 23.4 Å². The van der Waals surface area contributed by atoms with Gasteiger partial charge >= 0.3 is 5.97 Å². The third-order valence-corrected chi connectivity index (χ3v) is 7.89. The third kappa shape index (κ3) is 6.14. The average molecular weight is 646 g/mol. The average Bonchev–Trinajstić information content (AvgIpc) is 3.24. The molecule has 5 rings (SSSR count). The van der Waals surface area contributed by atoms with Crippen molar-refractivity contribution < 1.29 is 33.6 Å². The normalized spacial score (nSPS) is 17.6. The van der Waals surface area contributed by atoms with Gasteiger partial charge < -0.3 is 4.74 Å². The number of hydrogen-bond acceptors (Lipinski definition) is 8. The summed E-state index contributed by atoms with van der Waals surface area (Å²) < 4.78 is 6.17. The molecule has 218 valence electrons. The van der Waals surface area contributed by atoms with Crippen molar-refractivity contribution >= 4 is 51.1 Å². The van der Waals surface area contributed by atoms with Crippen LogP contribution in [-0.4, -0.2) is 51.0 Å². The molecule has 3 aromatic carbocycles. The van der Waals surface area contributed by atoms with Gasteiger partial charge in [-0.15, -0.1) is 0 Å². The number of nitro benzene ring substituents is 1. The Morgan fingerprint density at radius 1 is 0.907 bits per heavy atom. The lowest BCUT2D eigenvalue weighted by atomic mass is 9.82. The van der Waals surface area contributed by atoms with E-state index in [1.54, 1.807) is 24.3 Å². The van der Waals surface area contributed by atoms with Crippen LogP contribution in [0.5, 0.6) is 5.75 Å². The molecule has 0 radical (unpaired) electrons. The highest BCUT2D eigenvalue weighted by Gasteiger charge is 2.51. The molecule has 1 aliphatic carbocycles. The molecule has 0 spiro atoms. The summed E-state index contributed by atoms with van der Waals surface area (Å²) in [6.45, 7) is 1.21. The topological polar surface area (TPSA) is 144 Å². The predicted octanol–water partition coefficient (Wildman–Crippen LogP) is 5.16. The minimum atomic E-state index is -0.840. The third-order valence-electron chi connectivity index (χ3n) is 7.36. The first-order valence-electron chi connectivity index (χ1n) is 13.2. The maximum Gasteiger partial charge on any atom is 0.343 e. The number of hydrazine groups is 1. The minimum absolute atomic E-state index is 0.0432. The molecule has 0 bridgehead atoms. The van der Waals surface area contributed by atoms with E-state index in [4.69, 9.17) is 4.74 Å². The number of rotatable bonds is 8. The van der Waals surface area contributed by atoms with E-state index in [0.29, 0.717) is 18.4 Å². The molecule has 1 heterocycles. The highest BCUT2D eigenvalue weighted by Crippen LogP contribution is 2.38.